The zero-order valence-electron chi connectivity index (χ0n) is 14.4. The summed E-state index contributed by atoms with van der Waals surface area (Å²) in [6.07, 6.45) is 1.65. The number of carbonyl (C=O) groups is 1. The monoisotopic (exact) mass is 385 g/mol. The van der Waals surface area contributed by atoms with Crippen molar-refractivity contribution in [1.82, 2.24) is 14.8 Å². The molecular formula is C17H17N6O3S+. The standard InChI is InChI=1S/C17H16N6O3S/c1-3-8-22-16(12-4-6-13(7-5-12)23(25)26)20-21-17(22)27-10-15(24)14(9-18)11(2)19/h3-7,14H,1-2,8,10,19H2/p+1/t14-/m1/s1. The Bertz CT molecular complexity index is 929. The highest BCUT2D eigenvalue weighted by Gasteiger charge is 2.23. The second-order valence-electron chi connectivity index (χ2n) is 5.48. The number of hydrogen-bond acceptors (Lipinski definition) is 7. The van der Waals surface area contributed by atoms with Gasteiger partial charge in [0.15, 0.2) is 22.7 Å². The lowest BCUT2D eigenvalue weighted by Crippen LogP contribution is -2.51. The van der Waals surface area contributed by atoms with Gasteiger partial charge in [0.05, 0.1) is 16.7 Å². The van der Waals surface area contributed by atoms with E-state index in [0.717, 1.165) is 11.8 Å². The van der Waals surface area contributed by atoms with Crippen molar-refractivity contribution in [3.63, 3.8) is 0 Å². The second kappa shape index (κ2) is 8.88. The fraction of sp³-hybridized carbons (Fsp3) is 0.176. The molecule has 0 amide bonds. The molecule has 10 heteroatoms. The minimum absolute atomic E-state index is 0.0162. The van der Waals surface area contributed by atoms with Crippen LogP contribution in [0, 0.1) is 27.4 Å². The Morgan fingerprint density at radius 1 is 1.44 bits per heavy atom. The zero-order chi connectivity index (χ0) is 20.0. The maximum Gasteiger partial charge on any atom is 0.269 e. The van der Waals surface area contributed by atoms with Crippen molar-refractivity contribution in [1.29, 1.82) is 5.26 Å². The molecule has 2 aromatic rings. The fourth-order valence-electron chi connectivity index (χ4n) is 2.24. The van der Waals surface area contributed by atoms with Crippen LogP contribution in [0.1, 0.15) is 0 Å². The topological polar surface area (TPSA) is 142 Å². The molecule has 0 aliphatic heterocycles. The van der Waals surface area contributed by atoms with Gasteiger partial charge in [-0.25, -0.2) is 0 Å². The molecule has 138 valence electrons. The third-order valence-electron chi connectivity index (χ3n) is 3.57. The minimum atomic E-state index is -0.956. The molecule has 0 aliphatic carbocycles. The Hall–Kier alpha value is -3.29. The number of rotatable bonds is 9. The van der Waals surface area contributed by atoms with E-state index in [1.54, 1.807) is 22.8 Å². The number of quaternary nitrogens is 1. The third kappa shape index (κ3) is 4.66. The molecule has 0 unspecified atom stereocenters. The van der Waals surface area contributed by atoms with Crippen LogP contribution in [0.3, 0.4) is 0 Å². The number of nitro benzene ring substituents is 1. The number of ketones is 1. The Morgan fingerprint density at radius 3 is 2.63 bits per heavy atom. The summed E-state index contributed by atoms with van der Waals surface area (Å²) in [5.74, 6) is -0.754. The molecule has 0 spiro atoms. The van der Waals surface area contributed by atoms with Gasteiger partial charge in [-0.15, -0.1) is 16.8 Å². The van der Waals surface area contributed by atoms with Crippen molar-refractivity contribution < 1.29 is 15.5 Å². The first-order chi connectivity index (χ1) is 12.9. The van der Waals surface area contributed by atoms with Gasteiger partial charge in [0.25, 0.3) is 5.69 Å². The van der Waals surface area contributed by atoms with E-state index in [0.29, 0.717) is 23.1 Å². The Balaban J connectivity index is 2.25. The number of Topliss-reactive ketones (excluding diaryl/α,β-unsaturated/α-hetero) is 1. The lowest BCUT2D eigenvalue weighted by molar-refractivity contribution is -0.384. The highest BCUT2D eigenvalue weighted by Crippen LogP contribution is 2.26. The van der Waals surface area contributed by atoms with Crippen LogP contribution >= 0.6 is 11.8 Å². The van der Waals surface area contributed by atoms with Crippen LogP contribution in [0.15, 0.2) is 54.4 Å². The van der Waals surface area contributed by atoms with Crippen LogP contribution in [0.25, 0.3) is 11.4 Å². The predicted molar refractivity (Wildman–Crippen MR) is 99.2 cm³/mol. The summed E-state index contributed by atoms with van der Waals surface area (Å²) in [6.45, 7) is 7.65. The number of hydrogen-bond donors (Lipinski definition) is 1. The summed E-state index contributed by atoms with van der Waals surface area (Å²) < 4.78 is 1.74. The fourth-order valence-corrected chi connectivity index (χ4v) is 3.10. The molecule has 0 bridgehead atoms. The first-order valence-electron chi connectivity index (χ1n) is 7.73. The van der Waals surface area contributed by atoms with Gasteiger partial charge < -0.3 is 5.73 Å². The smallest absolute Gasteiger partial charge is 0.269 e. The number of aromatic nitrogens is 3. The van der Waals surface area contributed by atoms with Crippen molar-refractivity contribution in [3.8, 4) is 17.5 Å². The first kappa shape index (κ1) is 20.0. The number of nitrogens with zero attached hydrogens (tertiary/aromatic N) is 5. The number of carbonyl (C=O) groups excluding carboxylic acids is 1. The van der Waals surface area contributed by atoms with Crippen LogP contribution in [0.4, 0.5) is 5.69 Å². The highest BCUT2D eigenvalue weighted by molar-refractivity contribution is 7.99. The summed E-state index contributed by atoms with van der Waals surface area (Å²) in [6, 6.07) is 7.82. The van der Waals surface area contributed by atoms with Gasteiger partial charge in [0, 0.05) is 24.2 Å². The maximum atomic E-state index is 12.2. The van der Waals surface area contributed by atoms with Crippen LogP contribution in [-0.4, -0.2) is 31.2 Å². The van der Waals surface area contributed by atoms with Crippen molar-refractivity contribution in [2.75, 3.05) is 5.75 Å². The number of non-ortho nitro benzene ring substituents is 1. The molecule has 3 N–H and O–H groups in total. The first-order valence-corrected chi connectivity index (χ1v) is 8.72. The van der Waals surface area contributed by atoms with Gasteiger partial charge in [-0.05, 0) is 18.7 Å². The van der Waals surface area contributed by atoms with Gasteiger partial charge in [-0.2, -0.15) is 5.26 Å². The molecule has 27 heavy (non-hydrogen) atoms. The molecule has 0 radical (unpaired) electrons. The average molecular weight is 385 g/mol. The molecule has 9 nitrogen and oxygen atoms in total. The minimum Gasteiger partial charge on any atom is -0.328 e. The number of allylic oxidation sites excluding steroid dienone is 2. The van der Waals surface area contributed by atoms with E-state index < -0.39 is 10.8 Å². The zero-order valence-corrected chi connectivity index (χ0v) is 15.2. The van der Waals surface area contributed by atoms with Crippen molar-refractivity contribution in [2.24, 2.45) is 5.92 Å². The summed E-state index contributed by atoms with van der Waals surface area (Å²) in [5, 5.41) is 28.5. The second-order valence-corrected chi connectivity index (χ2v) is 6.43. The van der Waals surface area contributed by atoms with E-state index in [4.69, 9.17) is 5.26 Å². The van der Waals surface area contributed by atoms with E-state index in [1.807, 2.05) is 6.07 Å². The SMILES string of the molecule is C=CCn1c(SCC(=O)[C@H](C#N)C(=C)[NH3+])nnc1-c1ccc([N+](=O)[O-])cc1. The number of nitro groups is 1. The highest BCUT2D eigenvalue weighted by atomic mass is 32.2. The van der Waals surface area contributed by atoms with Crippen LogP contribution in [0.5, 0.6) is 0 Å². The van der Waals surface area contributed by atoms with E-state index in [9.17, 15) is 14.9 Å². The lowest BCUT2D eigenvalue weighted by Gasteiger charge is -2.08. The summed E-state index contributed by atoms with van der Waals surface area (Å²) >= 11 is 1.14. The van der Waals surface area contributed by atoms with E-state index in [2.05, 4.69) is 29.1 Å². The van der Waals surface area contributed by atoms with Crippen molar-refractivity contribution in [2.45, 2.75) is 11.7 Å². The normalized spacial score (nSPS) is 11.4. The molecule has 1 aromatic heterocycles. The van der Waals surface area contributed by atoms with Crippen LogP contribution < -0.4 is 5.73 Å². The summed E-state index contributed by atoms with van der Waals surface area (Å²) in [5.41, 5.74) is 4.43. The molecule has 0 saturated heterocycles. The van der Waals surface area contributed by atoms with Crippen molar-refractivity contribution >= 4 is 23.2 Å². The molecule has 2 rings (SSSR count). The molecule has 0 aliphatic rings. The molecular weight excluding hydrogens is 368 g/mol. The predicted octanol–water partition coefficient (Wildman–Crippen LogP) is 1.60. The van der Waals surface area contributed by atoms with Gasteiger partial charge in [0.2, 0.25) is 0 Å². The van der Waals surface area contributed by atoms with E-state index >= 15 is 0 Å². The molecule has 0 fully saturated rings. The lowest BCUT2D eigenvalue weighted by atomic mass is 10.1. The Labute approximate surface area is 159 Å². The van der Waals surface area contributed by atoms with Gasteiger partial charge in [0.1, 0.15) is 5.70 Å². The quantitative estimate of drug-likeness (QED) is 0.299. The number of nitriles is 1. The molecule has 0 saturated carbocycles. The Morgan fingerprint density at radius 2 is 2.11 bits per heavy atom. The maximum absolute atomic E-state index is 12.2. The molecule has 1 aromatic carbocycles. The van der Waals surface area contributed by atoms with Gasteiger partial charge >= 0.3 is 0 Å². The van der Waals surface area contributed by atoms with Gasteiger partial charge in [-0.1, -0.05) is 17.8 Å². The third-order valence-corrected chi connectivity index (χ3v) is 4.56. The largest absolute Gasteiger partial charge is 0.328 e. The van der Waals surface area contributed by atoms with Gasteiger partial charge in [-0.3, -0.25) is 19.5 Å². The molecule has 1 heterocycles. The van der Waals surface area contributed by atoms with E-state index in [1.165, 1.54) is 12.1 Å². The average Bonchev–Trinajstić information content (AvgIpc) is 3.03. The molecule has 1 atom stereocenters. The Kier molecular flexibility index (Phi) is 6.59. The van der Waals surface area contributed by atoms with Crippen LogP contribution in [0.2, 0.25) is 0 Å². The van der Waals surface area contributed by atoms with E-state index in [-0.39, 0.29) is 22.9 Å². The number of thioether (sulfide) groups is 1. The van der Waals surface area contributed by atoms with Crippen LogP contribution in [-0.2, 0) is 11.3 Å². The summed E-state index contributed by atoms with van der Waals surface area (Å²) in [4.78, 5) is 22.5. The summed E-state index contributed by atoms with van der Waals surface area (Å²) in [7, 11) is 0. The number of benzene rings is 1. The van der Waals surface area contributed by atoms with Crippen molar-refractivity contribution in [3.05, 3.63) is 59.3 Å².